The van der Waals surface area contributed by atoms with Gasteiger partial charge in [-0.15, -0.1) is 11.6 Å². The maximum absolute atomic E-state index is 11.8. The van der Waals surface area contributed by atoms with E-state index >= 15 is 0 Å². The highest BCUT2D eigenvalue weighted by molar-refractivity contribution is 6.17. The zero-order valence-electron chi connectivity index (χ0n) is 8.86. The van der Waals surface area contributed by atoms with Crippen LogP contribution in [0.15, 0.2) is 17.2 Å². The van der Waals surface area contributed by atoms with Gasteiger partial charge in [-0.3, -0.25) is 9.13 Å². The van der Waals surface area contributed by atoms with E-state index < -0.39 is 0 Å². The van der Waals surface area contributed by atoms with Crippen molar-refractivity contribution in [2.24, 2.45) is 0 Å². The summed E-state index contributed by atoms with van der Waals surface area (Å²) in [5.74, 6) is 0.720. The molecule has 1 heterocycles. The summed E-state index contributed by atoms with van der Waals surface area (Å²) in [6.45, 7) is 0.829. The first-order valence-corrected chi connectivity index (χ1v) is 6.19. The first kappa shape index (κ1) is 10.8. The smallest absolute Gasteiger partial charge is 0.299 e. The molecular formula is C11H17ClN2O. The molecule has 0 N–H and O–H groups in total. The second-order valence-corrected chi connectivity index (χ2v) is 4.54. The van der Waals surface area contributed by atoms with E-state index in [0.29, 0.717) is 6.04 Å². The summed E-state index contributed by atoms with van der Waals surface area (Å²) in [4.78, 5) is 11.8. The third-order valence-electron chi connectivity index (χ3n) is 2.85. The van der Waals surface area contributed by atoms with Crippen LogP contribution in [-0.4, -0.2) is 15.0 Å². The van der Waals surface area contributed by atoms with Crippen LogP contribution in [-0.2, 0) is 6.54 Å². The fraction of sp³-hybridized carbons (Fsp3) is 0.727. The van der Waals surface area contributed by atoms with Gasteiger partial charge in [-0.25, -0.2) is 4.79 Å². The molecule has 1 fully saturated rings. The third-order valence-corrected chi connectivity index (χ3v) is 3.11. The second kappa shape index (κ2) is 4.88. The van der Waals surface area contributed by atoms with E-state index in [4.69, 9.17) is 11.6 Å². The lowest BCUT2D eigenvalue weighted by atomic mass is 10.2. The van der Waals surface area contributed by atoms with Crippen LogP contribution in [0.1, 0.15) is 38.1 Å². The van der Waals surface area contributed by atoms with Gasteiger partial charge in [-0.1, -0.05) is 6.42 Å². The molecule has 3 nitrogen and oxygen atoms in total. The highest BCUT2D eigenvalue weighted by Gasteiger charge is 2.25. The van der Waals surface area contributed by atoms with Gasteiger partial charge in [0.15, 0.2) is 0 Å². The SMILES string of the molecule is O=c1n(CCCCCCl)ccn1C1CC1. The Labute approximate surface area is 94.7 Å². The minimum atomic E-state index is 0.156. The number of aromatic nitrogens is 2. The van der Waals surface area contributed by atoms with Crippen molar-refractivity contribution in [3.8, 4) is 0 Å². The van der Waals surface area contributed by atoms with Gasteiger partial charge in [0.25, 0.3) is 0 Å². The summed E-state index contributed by atoms with van der Waals surface area (Å²) in [7, 11) is 0. The Balaban J connectivity index is 1.88. The van der Waals surface area contributed by atoms with Crippen molar-refractivity contribution in [2.75, 3.05) is 5.88 Å². The van der Waals surface area contributed by atoms with E-state index in [0.717, 1.165) is 44.5 Å². The number of hydrogen-bond donors (Lipinski definition) is 0. The first-order valence-electron chi connectivity index (χ1n) is 5.66. The fourth-order valence-corrected chi connectivity index (χ4v) is 1.97. The summed E-state index contributed by atoms with van der Waals surface area (Å²) in [6, 6.07) is 0.488. The monoisotopic (exact) mass is 228 g/mol. The van der Waals surface area contributed by atoms with Crippen LogP contribution in [0.3, 0.4) is 0 Å². The Hall–Kier alpha value is -0.700. The molecule has 1 saturated carbocycles. The van der Waals surface area contributed by atoms with Crippen LogP contribution in [0.25, 0.3) is 0 Å². The van der Waals surface area contributed by atoms with Crippen LogP contribution in [0.5, 0.6) is 0 Å². The fourth-order valence-electron chi connectivity index (χ4n) is 1.78. The summed E-state index contributed by atoms with van der Waals surface area (Å²) in [5.41, 5.74) is 0.156. The van der Waals surface area contributed by atoms with E-state index in [2.05, 4.69) is 0 Å². The molecule has 15 heavy (non-hydrogen) atoms. The first-order chi connectivity index (χ1) is 7.33. The molecule has 0 spiro atoms. The quantitative estimate of drug-likeness (QED) is 0.543. The van der Waals surface area contributed by atoms with Gasteiger partial charge in [-0.2, -0.15) is 0 Å². The Kier molecular flexibility index (Phi) is 3.52. The van der Waals surface area contributed by atoms with Crippen LogP contribution in [0.2, 0.25) is 0 Å². The average Bonchev–Trinajstić information content (AvgIpc) is 3.00. The number of halogens is 1. The predicted molar refractivity (Wildman–Crippen MR) is 61.5 cm³/mol. The van der Waals surface area contributed by atoms with E-state index in [-0.39, 0.29) is 5.69 Å². The van der Waals surface area contributed by atoms with E-state index in [1.807, 2.05) is 21.5 Å². The Morgan fingerprint density at radius 3 is 2.73 bits per heavy atom. The average molecular weight is 229 g/mol. The van der Waals surface area contributed by atoms with Crippen molar-refractivity contribution in [3.05, 3.63) is 22.9 Å². The molecule has 0 unspecified atom stereocenters. The summed E-state index contributed by atoms with van der Waals surface area (Å²) in [5, 5.41) is 0. The van der Waals surface area contributed by atoms with E-state index in [1.165, 1.54) is 0 Å². The van der Waals surface area contributed by atoms with Gasteiger partial charge in [-0.05, 0) is 25.7 Å². The zero-order chi connectivity index (χ0) is 10.7. The lowest BCUT2D eigenvalue weighted by Crippen LogP contribution is -2.23. The minimum Gasteiger partial charge on any atom is -0.299 e. The molecule has 84 valence electrons. The molecule has 0 bridgehead atoms. The van der Waals surface area contributed by atoms with Gasteiger partial charge >= 0.3 is 5.69 Å². The highest BCUT2D eigenvalue weighted by Crippen LogP contribution is 2.33. The number of alkyl halides is 1. The number of aryl methyl sites for hydroxylation is 1. The topological polar surface area (TPSA) is 26.9 Å². The molecule has 0 amide bonds. The van der Waals surface area contributed by atoms with Crippen LogP contribution < -0.4 is 5.69 Å². The summed E-state index contributed by atoms with van der Waals surface area (Å²) in [6.07, 6.45) is 9.33. The Morgan fingerprint density at radius 2 is 2.07 bits per heavy atom. The van der Waals surface area contributed by atoms with Crippen molar-refractivity contribution < 1.29 is 0 Å². The van der Waals surface area contributed by atoms with Crippen LogP contribution in [0, 0.1) is 0 Å². The Bertz CT molecular complexity index is 365. The minimum absolute atomic E-state index is 0.156. The molecule has 4 heteroatoms. The number of hydrogen-bond acceptors (Lipinski definition) is 1. The van der Waals surface area contributed by atoms with Gasteiger partial charge in [0, 0.05) is 30.9 Å². The summed E-state index contributed by atoms with van der Waals surface area (Å²) >= 11 is 5.60. The Morgan fingerprint density at radius 1 is 1.27 bits per heavy atom. The number of rotatable bonds is 6. The van der Waals surface area contributed by atoms with Crippen molar-refractivity contribution in [1.29, 1.82) is 0 Å². The largest absolute Gasteiger partial charge is 0.328 e. The van der Waals surface area contributed by atoms with E-state index in [1.54, 1.807) is 0 Å². The van der Waals surface area contributed by atoms with Crippen molar-refractivity contribution in [1.82, 2.24) is 9.13 Å². The molecule has 0 atom stereocenters. The standard InChI is InChI=1S/C11H17ClN2O/c12-6-2-1-3-7-13-8-9-14(11(13)15)10-4-5-10/h8-10H,1-7H2. The molecule has 0 saturated heterocycles. The van der Waals surface area contributed by atoms with Crippen molar-refractivity contribution in [2.45, 2.75) is 44.7 Å². The number of imidazole rings is 1. The molecule has 1 aliphatic carbocycles. The second-order valence-electron chi connectivity index (χ2n) is 4.16. The lowest BCUT2D eigenvalue weighted by molar-refractivity contribution is 0.569. The van der Waals surface area contributed by atoms with Crippen molar-refractivity contribution >= 4 is 11.6 Å². The maximum Gasteiger partial charge on any atom is 0.328 e. The normalized spacial score (nSPS) is 15.8. The molecular weight excluding hydrogens is 212 g/mol. The molecule has 0 aromatic carbocycles. The zero-order valence-corrected chi connectivity index (χ0v) is 9.62. The van der Waals surface area contributed by atoms with Crippen LogP contribution in [0.4, 0.5) is 0 Å². The molecule has 0 aliphatic heterocycles. The number of nitrogens with zero attached hydrogens (tertiary/aromatic N) is 2. The van der Waals surface area contributed by atoms with Gasteiger partial charge in [0.05, 0.1) is 0 Å². The molecule has 0 radical (unpaired) electrons. The third kappa shape index (κ3) is 2.65. The molecule has 1 aliphatic rings. The summed E-state index contributed by atoms with van der Waals surface area (Å²) < 4.78 is 3.67. The lowest BCUT2D eigenvalue weighted by Gasteiger charge is -2.00. The van der Waals surface area contributed by atoms with Crippen molar-refractivity contribution in [3.63, 3.8) is 0 Å². The molecule has 1 aromatic rings. The maximum atomic E-state index is 11.8. The molecule has 2 rings (SSSR count). The molecule has 1 aromatic heterocycles. The predicted octanol–water partition coefficient (Wildman–Crippen LogP) is 2.39. The number of unbranched alkanes of at least 4 members (excludes halogenated alkanes) is 2. The van der Waals surface area contributed by atoms with Gasteiger partial charge in [0.2, 0.25) is 0 Å². The highest BCUT2D eigenvalue weighted by atomic mass is 35.5. The van der Waals surface area contributed by atoms with Gasteiger partial charge in [0.1, 0.15) is 0 Å². The van der Waals surface area contributed by atoms with Crippen LogP contribution >= 0.6 is 11.6 Å². The van der Waals surface area contributed by atoms with E-state index in [9.17, 15) is 4.79 Å². The van der Waals surface area contributed by atoms with Gasteiger partial charge < -0.3 is 0 Å².